The second-order valence-corrected chi connectivity index (χ2v) is 3.28. The van der Waals surface area contributed by atoms with Gasteiger partial charge in [-0.15, -0.1) is 0 Å². The van der Waals surface area contributed by atoms with E-state index < -0.39 is 0 Å². The number of methoxy groups -OCH3 is 1. The van der Waals surface area contributed by atoms with Crippen LogP contribution in [0.15, 0.2) is 18.2 Å². The number of aromatic hydroxyl groups is 1. The van der Waals surface area contributed by atoms with Crippen molar-refractivity contribution in [1.82, 2.24) is 5.32 Å². The highest BCUT2D eigenvalue weighted by Gasteiger charge is 2.02. The maximum absolute atomic E-state index is 9.51. The third-order valence-corrected chi connectivity index (χ3v) is 2.02. The molecule has 0 saturated heterocycles. The molecule has 0 aliphatic carbocycles. The third kappa shape index (κ3) is 3.28. The van der Waals surface area contributed by atoms with E-state index >= 15 is 0 Å². The fourth-order valence-corrected chi connectivity index (χ4v) is 1.37. The van der Waals surface area contributed by atoms with Gasteiger partial charge in [0.25, 0.3) is 0 Å². The summed E-state index contributed by atoms with van der Waals surface area (Å²) in [7, 11) is 1.51. The van der Waals surface area contributed by atoms with Gasteiger partial charge >= 0.3 is 0 Å². The normalized spacial score (nSPS) is 9.47. The predicted octanol–water partition coefficient (Wildman–Crippen LogP) is 1.71. The number of ether oxygens (including phenoxy) is 1. The van der Waals surface area contributed by atoms with Crippen LogP contribution in [0.3, 0.4) is 0 Å². The molecule has 0 aliphatic heterocycles. The summed E-state index contributed by atoms with van der Waals surface area (Å²) in [5.74, 6) is 0.525. The van der Waals surface area contributed by atoms with Crippen molar-refractivity contribution in [3.63, 3.8) is 0 Å². The smallest absolute Gasteiger partial charge is 0.170 e. The number of thiocarbonyl (C=S) groups is 1. The Morgan fingerprint density at radius 2 is 2.27 bits per heavy atom. The molecule has 1 rings (SSSR count). The van der Waals surface area contributed by atoms with Crippen LogP contribution in [0.5, 0.6) is 11.5 Å². The molecule has 0 aromatic heterocycles. The molecule has 0 unspecified atom stereocenters. The number of benzene rings is 1. The van der Waals surface area contributed by atoms with Crippen molar-refractivity contribution in [3.8, 4) is 11.5 Å². The minimum absolute atomic E-state index is 0.0850. The van der Waals surface area contributed by atoms with Crippen LogP contribution < -0.4 is 15.4 Å². The van der Waals surface area contributed by atoms with E-state index in [-0.39, 0.29) is 5.75 Å². The molecular formula is C10H14N2O2S. The molecule has 0 spiro atoms. The number of nitrogens with one attached hydrogen (secondary N) is 2. The van der Waals surface area contributed by atoms with E-state index in [1.807, 2.05) is 6.92 Å². The molecule has 0 heterocycles. The Morgan fingerprint density at radius 3 is 2.80 bits per heavy atom. The highest BCUT2D eigenvalue weighted by atomic mass is 32.1. The van der Waals surface area contributed by atoms with Crippen molar-refractivity contribution in [2.24, 2.45) is 0 Å². The van der Waals surface area contributed by atoms with Crippen LogP contribution in [0, 0.1) is 0 Å². The first-order chi connectivity index (χ1) is 7.17. The van der Waals surface area contributed by atoms with Crippen LogP contribution in [-0.2, 0) is 0 Å². The summed E-state index contributed by atoms with van der Waals surface area (Å²) >= 11 is 5.00. The summed E-state index contributed by atoms with van der Waals surface area (Å²) in [6.07, 6.45) is 0. The largest absolute Gasteiger partial charge is 0.504 e. The molecule has 15 heavy (non-hydrogen) atoms. The SMILES string of the molecule is CCNC(=S)Nc1ccc(OC)c(O)c1. The van der Waals surface area contributed by atoms with Gasteiger partial charge in [0.1, 0.15) is 0 Å². The van der Waals surface area contributed by atoms with E-state index in [9.17, 15) is 5.11 Å². The molecule has 1 aromatic rings. The van der Waals surface area contributed by atoms with Gasteiger partial charge in [-0.05, 0) is 31.3 Å². The second kappa shape index (κ2) is 5.41. The van der Waals surface area contributed by atoms with Crippen molar-refractivity contribution in [2.45, 2.75) is 6.92 Å². The number of hydrogen-bond acceptors (Lipinski definition) is 3. The van der Waals surface area contributed by atoms with Gasteiger partial charge in [0, 0.05) is 18.3 Å². The van der Waals surface area contributed by atoms with Crippen molar-refractivity contribution >= 4 is 23.0 Å². The highest BCUT2D eigenvalue weighted by Crippen LogP contribution is 2.28. The number of phenolic OH excluding ortho intramolecular Hbond substituents is 1. The van der Waals surface area contributed by atoms with Gasteiger partial charge < -0.3 is 20.5 Å². The Morgan fingerprint density at radius 1 is 1.53 bits per heavy atom. The van der Waals surface area contributed by atoms with Gasteiger partial charge in [-0.3, -0.25) is 0 Å². The predicted molar refractivity (Wildman–Crippen MR) is 64.6 cm³/mol. The van der Waals surface area contributed by atoms with Gasteiger partial charge in [-0.2, -0.15) is 0 Å². The molecule has 0 fully saturated rings. The lowest BCUT2D eigenvalue weighted by atomic mass is 10.3. The van der Waals surface area contributed by atoms with Crippen LogP contribution in [0.1, 0.15) is 6.92 Å². The fraction of sp³-hybridized carbons (Fsp3) is 0.300. The molecule has 0 atom stereocenters. The van der Waals surface area contributed by atoms with E-state index in [1.54, 1.807) is 18.2 Å². The van der Waals surface area contributed by atoms with E-state index in [4.69, 9.17) is 17.0 Å². The summed E-state index contributed by atoms with van der Waals surface area (Å²) < 4.78 is 4.93. The van der Waals surface area contributed by atoms with Gasteiger partial charge in [-0.1, -0.05) is 0 Å². The first-order valence-electron chi connectivity index (χ1n) is 4.59. The Hall–Kier alpha value is -1.49. The van der Waals surface area contributed by atoms with Gasteiger partial charge in [0.05, 0.1) is 7.11 Å². The lowest BCUT2D eigenvalue weighted by Gasteiger charge is -2.10. The minimum atomic E-state index is 0.0850. The van der Waals surface area contributed by atoms with Crippen LogP contribution in [0.4, 0.5) is 5.69 Å². The first-order valence-corrected chi connectivity index (χ1v) is 5.00. The van der Waals surface area contributed by atoms with E-state index in [2.05, 4.69) is 10.6 Å². The highest BCUT2D eigenvalue weighted by molar-refractivity contribution is 7.80. The molecule has 0 saturated carbocycles. The van der Waals surface area contributed by atoms with Crippen molar-refractivity contribution in [3.05, 3.63) is 18.2 Å². The average molecular weight is 226 g/mol. The van der Waals surface area contributed by atoms with Crippen LogP contribution in [0.2, 0.25) is 0 Å². The van der Waals surface area contributed by atoms with E-state index in [1.165, 1.54) is 7.11 Å². The zero-order valence-electron chi connectivity index (χ0n) is 8.70. The Labute approximate surface area is 94.3 Å². The summed E-state index contributed by atoms with van der Waals surface area (Å²) in [5.41, 5.74) is 0.722. The van der Waals surface area contributed by atoms with Crippen molar-refractivity contribution in [2.75, 3.05) is 19.0 Å². The van der Waals surface area contributed by atoms with Gasteiger partial charge in [0.2, 0.25) is 0 Å². The summed E-state index contributed by atoms with van der Waals surface area (Å²) in [4.78, 5) is 0. The fourth-order valence-electron chi connectivity index (χ4n) is 1.10. The number of rotatable bonds is 3. The maximum atomic E-state index is 9.51. The molecule has 0 amide bonds. The standard InChI is InChI=1S/C10H14N2O2S/c1-3-11-10(15)12-7-4-5-9(14-2)8(13)6-7/h4-6,13H,3H2,1-2H3,(H2,11,12,15). The number of anilines is 1. The first kappa shape index (κ1) is 11.6. The lowest BCUT2D eigenvalue weighted by molar-refractivity contribution is 0.373. The Kier molecular flexibility index (Phi) is 4.17. The van der Waals surface area contributed by atoms with Crippen LogP contribution in [-0.4, -0.2) is 23.9 Å². The quantitative estimate of drug-likeness (QED) is 0.685. The molecule has 0 radical (unpaired) electrons. The minimum Gasteiger partial charge on any atom is -0.504 e. The van der Waals surface area contributed by atoms with Crippen LogP contribution in [0.25, 0.3) is 0 Å². The van der Waals surface area contributed by atoms with Crippen molar-refractivity contribution < 1.29 is 9.84 Å². The monoisotopic (exact) mass is 226 g/mol. The summed E-state index contributed by atoms with van der Waals surface area (Å²) in [6.45, 7) is 2.72. The second-order valence-electron chi connectivity index (χ2n) is 2.87. The van der Waals surface area contributed by atoms with Crippen molar-refractivity contribution in [1.29, 1.82) is 0 Å². The summed E-state index contributed by atoms with van der Waals surface area (Å²) in [5, 5.41) is 15.9. The molecule has 5 heteroatoms. The third-order valence-electron chi connectivity index (χ3n) is 1.77. The zero-order chi connectivity index (χ0) is 11.3. The summed E-state index contributed by atoms with van der Waals surface area (Å²) in [6, 6.07) is 5.01. The number of phenols is 1. The molecule has 0 bridgehead atoms. The van der Waals surface area contributed by atoms with E-state index in [0.29, 0.717) is 10.9 Å². The molecule has 4 nitrogen and oxygen atoms in total. The van der Waals surface area contributed by atoms with Gasteiger partial charge in [-0.25, -0.2) is 0 Å². The zero-order valence-corrected chi connectivity index (χ0v) is 9.52. The Bertz CT molecular complexity index is 355. The molecule has 3 N–H and O–H groups in total. The molecule has 0 aliphatic rings. The maximum Gasteiger partial charge on any atom is 0.170 e. The van der Waals surface area contributed by atoms with Crippen LogP contribution >= 0.6 is 12.2 Å². The lowest BCUT2D eigenvalue weighted by Crippen LogP contribution is -2.27. The molecule has 82 valence electrons. The average Bonchev–Trinajstić information content (AvgIpc) is 2.18. The molecular weight excluding hydrogens is 212 g/mol. The number of hydrogen-bond donors (Lipinski definition) is 3. The topological polar surface area (TPSA) is 53.5 Å². The Balaban J connectivity index is 2.71. The van der Waals surface area contributed by atoms with Gasteiger partial charge in [0.15, 0.2) is 16.6 Å². The van der Waals surface area contributed by atoms with E-state index in [0.717, 1.165) is 12.2 Å². The molecule has 1 aromatic carbocycles.